The maximum Gasteiger partial charge on any atom is 0.149 e. The van der Waals surface area contributed by atoms with Crippen LogP contribution in [-0.4, -0.2) is 23.7 Å². The molecule has 53 heavy (non-hydrogen) atoms. The van der Waals surface area contributed by atoms with Crippen molar-refractivity contribution in [2.45, 2.75) is 13.8 Å². The minimum absolute atomic E-state index is 0.769. The van der Waals surface area contributed by atoms with Crippen LogP contribution < -0.4 is 0 Å². The highest BCUT2D eigenvalue weighted by atomic mass is 15.1. The molecule has 0 spiro atoms. The SMILES string of the molecule is Cc1nc(C)c2c3cc(-n4c5ccc(-c6ccccc6)cc5c5cc(-n6c7ccccc7c7ccccc76)ccc54)ccc3n(-c3ccccc3)c2n1. The van der Waals surface area contributed by atoms with Crippen molar-refractivity contribution in [2.75, 3.05) is 0 Å². The number of fused-ring (bicyclic) bond motifs is 9. The third kappa shape index (κ3) is 4.37. The minimum Gasteiger partial charge on any atom is -0.309 e. The number of hydrogen-bond donors (Lipinski definition) is 0. The van der Waals surface area contributed by atoms with E-state index in [4.69, 9.17) is 9.97 Å². The zero-order valence-corrected chi connectivity index (χ0v) is 29.3. The highest BCUT2D eigenvalue weighted by Gasteiger charge is 2.21. The molecule has 0 aliphatic rings. The topological polar surface area (TPSA) is 40.6 Å². The number of hydrogen-bond acceptors (Lipinski definition) is 2. The van der Waals surface area contributed by atoms with Crippen LogP contribution in [0.25, 0.3) is 93.7 Å². The smallest absolute Gasteiger partial charge is 0.149 e. The van der Waals surface area contributed by atoms with E-state index in [9.17, 15) is 0 Å². The zero-order valence-electron chi connectivity index (χ0n) is 29.3. The molecule has 0 saturated carbocycles. The molecule has 0 atom stereocenters. The molecule has 0 aliphatic heterocycles. The Morgan fingerprint density at radius 1 is 0.358 bits per heavy atom. The average molecular weight is 680 g/mol. The Labute approximate surface area is 305 Å². The molecule has 11 rings (SSSR count). The van der Waals surface area contributed by atoms with E-state index in [2.05, 4.69) is 184 Å². The lowest BCUT2D eigenvalue weighted by Gasteiger charge is -2.11. The summed E-state index contributed by atoms with van der Waals surface area (Å²) in [5.74, 6) is 0.769. The van der Waals surface area contributed by atoms with E-state index >= 15 is 0 Å². The fraction of sp³-hybridized carbons (Fsp3) is 0.0417. The summed E-state index contributed by atoms with van der Waals surface area (Å²) in [5, 5.41) is 7.16. The summed E-state index contributed by atoms with van der Waals surface area (Å²) in [6.45, 7) is 4.07. The van der Waals surface area contributed by atoms with Gasteiger partial charge in [-0.2, -0.15) is 0 Å². The van der Waals surface area contributed by atoms with Crippen molar-refractivity contribution in [3.8, 4) is 28.2 Å². The first-order valence-electron chi connectivity index (χ1n) is 18.1. The summed E-state index contributed by atoms with van der Waals surface area (Å²) < 4.78 is 7.10. The third-order valence-corrected chi connectivity index (χ3v) is 10.9. The molecule has 0 bridgehead atoms. The number of aryl methyl sites for hydroxylation is 2. The minimum atomic E-state index is 0.769. The van der Waals surface area contributed by atoms with E-state index in [0.717, 1.165) is 61.6 Å². The van der Waals surface area contributed by atoms with Crippen molar-refractivity contribution in [1.29, 1.82) is 0 Å². The van der Waals surface area contributed by atoms with Crippen LogP contribution in [0.15, 0.2) is 164 Å². The highest BCUT2D eigenvalue weighted by molar-refractivity contribution is 6.14. The highest BCUT2D eigenvalue weighted by Crippen LogP contribution is 2.40. The van der Waals surface area contributed by atoms with Gasteiger partial charge in [0.25, 0.3) is 0 Å². The molecule has 11 aromatic rings. The molecule has 7 aromatic carbocycles. The molecule has 4 heterocycles. The van der Waals surface area contributed by atoms with Crippen LogP contribution in [0, 0.1) is 13.8 Å². The van der Waals surface area contributed by atoms with Crippen molar-refractivity contribution < 1.29 is 0 Å². The van der Waals surface area contributed by atoms with E-state index in [1.807, 2.05) is 6.92 Å². The molecule has 0 aliphatic carbocycles. The molecule has 0 amide bonds. The van der Waals surface area contributed by atoms with Gasteiger partial charge >= 0.3 is 0 Å². The molecule has 5 nitrogen and oxygen atoms in total. The Kier molecular flexibility index (Phi) is 6.31. The van der Waals surface area contributed by atoms with Crippen molar-refractivity contribution in [3.05, 3.63) is 175 Å². The van der Waals surface area contributed by atoms with E-state index < -0.39 is 0 Å². The number of aromatic nitrogens is 5. The van der Waals surface area contributed by atoms with Crippen molar-refractivity contribution >= 4 is 65.5 Å². The predicted molar refractivity (Wildman–Crippen MR) is 220 cm³/mol. The summed E-state index contributed by atoms with van der Waals surface area (Å²) >= 11 is 0. The van der Waals surface area contributed by atoms with Gasteiger partial charge in [-0.15, -0.1) is 0 Å². The predicted octanol–water partition coefficient (Wildman–Crippen LogP) is 12.1. The van der Waals surface area contributed by atoms with Gasteiger partial charge < -0.3 is 9.13 Å². The number of nitrogens with zero attached hydrogens (tertiary/aromatic N) is 5. The second kappa shape index (κ2) is 11.3. The van der Waals surface area contributed by atoms with E-state index in [1.54, 1.807) is 0 Å². The molecule has 0 radical (unpaired) electrons. The third-order valence-electron chi connectivity index (χ3n) is 10.9. The van der Waals surface area contributed by atoms with Crippen molar-refractivity contribution in [3.63, 3.8) is 0 Å². The van der Waals surface area contributed by atoms with Crippen molar-refractivity contribution in [2.24, 2.45) is 0 Å². The average Bonchev–Trinajstić information content (AvgIpc) is 3.83. The maximum atomic E-state index is 5.00. The Bertz CT molecular complexity index is 3180. The number of rotatable bonds is 4. The van der Waals surface area contributed by atoms with E-state index in [0.29, 0.717) is 0 Å². The second-order valence-electron chi connectivity index (χ2n) is 13.9. The molecule has 0 fully saturated rings. The quantitative estimate of drug-likeness (QED) is 0.186. The first-order valence-corrected chi connectivity index (χ1v) is 18.1. The second-order valence-corrected chi connectivity index (χ2v) is 13.9. The molecule has 0 unspecified atom stereocenters. The summed E-state index contributed by atoms with van der Waals surface area (Å²) in [6.07, 6.45) is 0. The Morgan fingerprint density at radius 2 is 0.868 bits per heavy atom. The molecule has 250 valence electrons. The molecule has 0 N–H and O–H groups in total. The van der Waals surface area contributed by atoms with Gasteiger partial charge in [-0.25, -0.2) is 9.97 Å². The van der Waals surface area contributed by atoms with Gasteiger partial charge in [-0.1, -0.05) is 91.0 Å². The van der Waals surface area contributed by atoms with E-state index in [1.165, 1.54) is 43.7 Å². The maximum absolute atomic E-state index is 5.00. The van der Waals surface area contributed by atoms with Gasteiger partial charge in [0.1, 0.15) is 11.5 Å². The molecule has 4 aromatic heterocycles. The van der Waals surface area contributed by atoms with Gasteiger partial charge in [0.05, 0.1) is 33.3 Å². The molecule has 5 heteroatoms. The Hall–Kier alpha value is -6.98. The largest absolute Gasteiger partial charge is 0.309 e. The number of benzene rings is 7. The van der Waals surface area contributed by atoms with Crippen molar-refractivity contribution in [1.82, 2.24) is 23.7 Å². The summed E-state index contributed by atoms with van der Waals surface area (Å²) in [5.41, 5.74) is 13.5. The normalized spacial score (nSPS) is 12.0. The first-order chi connectivity index (χ1) is 26.1. The van der Waals surface area contributed by atoms with Gasteiger partial charge in [0.2, 0.25) is 0 Å². The zero-order chi connectivity index (χ0) is 35.2. The fourth-order valence-corrected chi connectivity index (χ4v) is 8.62. The lowest BCUT2D eigenvalue weighted by atomic mass is 10.0. The summed E-state index contributed by atoms with van der Waals surface area (Å²) in [7, 11) is 0. The lowest BCUT2D eigenvalue weighted by molar-refractivity contribution is 1.02. The summed E-state index contributed by atoms with van der Waals surface area (Å²) in [6, 6.07) is 59.3. The van der Waals surface area contributed by atoms with Crippen LogP contribution in [-0.2, 0) is 0 Å². The van der Waals surface area contributed by atoms with Crippen LogP contribution in [0.5, 0.6) is 0 Å². The van der Waals surface area contributed by atoms with Gasteiger partial charge in [-0.3, -0.25) is 4.57 Å². The molecular formula is C48H33N5. The van der Waals surface area contributed by atoms with Crippen LogP contribution in [0.3, 0.4) is 0 Å². The molecular weight excluding hydrogens is 647 g/mol. The first kappa shape index (κ1) is 29.7. The standard InChI is InChI=1S/C48H33N5/c1-30-47-41-29-36(23-26-46(41)53(34-15-7-4-8-16-34)48(47)50-31(2)49-30)52-44-24-21-33(32-13-5-3-6-14-32)27-39(44)40-28-35(22-25-45(40)52)51-42-19-11-9-17-37(42)38-18-10-12-20-43(38)51/h3-29H,1-2H3. The van der Waals surface area contributed by atoms with Crippen LogP contribution in [0.4, 0.5) is 0 Å². The van der Waals surface area contributed by atoms with Gasteiger partial charge in [0.15, 0.2) is 0 Å². The summed E-state index contributed by atoms with van der Waals surface area (Å²) in [4.78, 5) is 9.83. The Morgan fingerprint density at radius 3 is 1.53 bits per heavy atom. The monoisotopic (exact) mass is 679 g/mol. The fourth-order valence-electron chi connectivity index (χ4n) is 8.62. The van der Waals surface area contributed by atoms with Crippen LogP contribution in [0.1, 0.15) is 11.5 Å². The van der Waals surface area contributed by atoms with Crippen LogP contribution >= 0.6 is 0 Å². The van der Waals surface area contributed by atoms with Gasteiger partial charge in [0, 0.05) is 49.4 Å². The van der Waals surface area contributed by atoms with Crippen LogP contribution in [0.2, 0.25) is 0 Å². The molecule has 0 saturated heterocycles. The van der Waals surface area contributed by atoms with E-state index in [-0.39, 0.29) is 0 Å². The van der Waals surface area contributed by atoms with Gasteiger partial charge in [-0.05, 0) is 97.8 Å². The number of para-hydroxylation sites is 3. The lowest BCUT2D eigenvalue weighted by Crippen LogP contribution is -1.98. The Balaban J connectivity index is 1.21.